The van der Waals surface area contributed by atoms with Crippen LogP contribution in [0.3, 0.4) is 0 Å². The number of nitrogens with one attached hydrogen (secondary N) is 2. The smallest absolute Gasteiger partial charge is 0.407 e. The Bertz CT molecular complexity index is 945. The topological polar surface area (TPSA) is 76.2 Å². The quantitative estimate of drug-likeness (QED) is 0.610. The summed E-state index contributed by atoms with van der Waals surface area (Å²) >= 11 is 7.90. The molecule has 2 heterocycles. The van der Waals surface area contributed by atoms with E-state index in [0.717, 1.165) is 27.9 Å². The number of carbonyl (C=O) groups is 1. The summed E-state index contributed by atoms with van der Waals surface area (Å²) in [6.07, 6.45) is -0.453. The monoisotopic (exact) mass is 407 g/mol. The van der Waals surface area contributed by atoms with Crippen LogP contribution in [0.5, 0.6) is 5.75 Å². The molecule has 2 aromatic heterocycles. The molecule has 0 radical (unpaired) electrons. The van der Waals surface area contributed by atoms with Gasteiger partial charge in [0.15, 0.2) is 0 Å². The molecule has 1 aromatic carbocycles. The average Bonchev–Trinajstić information content (AvgIpc) is 3.18. The summed E-state index contributed by atoms with van der Waals surface area (Å²) in [6.45, 7) is 8.17. The Balaban J connectivity index is 1.74. The standard InChI is InChI=1S/C19H22ClN3O3S/c1-11-13-5-14(20)17(25-8-12-9-27-10-22-12)6-15(13)23-16(11)7-21-18(24)26-19(2,3)4/h5-6,9-10,23H,7-8H2,1-4H3,(H,21,24). The Morgan fingerprint density at radius 3 is 2.81 bits per heavy atom. The van der Waals surface area contributed by atoms with Crippen molar-refractivity contribution in [1.29, 1.82) is 0 Å². The molecular weight excluding hydrogens is 386 g/mol. The summed E-state index contributed by atoms with van der Waals surface area (Å²) in [7, 11) is 0. The molecule has 0 saturated heterocycles. The van der Waals surface area contributed by atoms with Gasteiger partial charge in [0.25, 0.3) is 0 Å². The third-order valence-electron chi connectivity index (χ3n) is 3.88. The Kier molecular flexibility index (Phi) is 5.62. The molecule has 0 fully saturated rings. The van der Waals surface area contributed by atoms with Gasteiger partial charge in [0.1, 0.15) is 18.0 Å². The number of alkyl carbamates (subject to hydrolysis) is 1. The molecule has 0 aliphatic heterocycles. The van der Waals surface area contributed by atoms with Crippen molar-refractivity contribution in [2.24, 2.45) is 0 Å². The van der Waals surface area contributed by atoms with E-state index in [1.807, 2.05) is 45.2 Å². The van der Waals surface area contributed by atoms with Crippen molar-refractivity contribution in [3.63, 3.8) is 0 Å². The molecule has 27 heavy (non-hydrogen) atoms. The maximum absolute atomic E-state index is 11.9. The molecule has 3 rings (SSSR count). The highest BCUT2D eigenvalue weighted by Gasteiger charge is 2.17. The van der Waals surface area contributed by atoms with Crippen molar-refractivity contribution < 1.29 is 14.3 Å². The normalized spacial score (nSPS) is 11.6. The van der Waals surface area contributed by atoms with Crippen molar-refractivity contribution >= 4 is 39.9 Å². The highest BCUT2D eigenvalue weighted by atomic mass is 35.5. The Labute approximate surface area is 166 Å². The summed E-state index contributed by atoms with van der Waals surface area (Å²) in [6, 6.07) is 3.74. The molecule has 0 aliphatic rings. The predicted molar refractivity (Wildman–Crippen MR) is 108 cm³/mol. The summed E-state index contributed by atoms with van der Waals surface area (Å²) in [4.78, 5) is 19.4. The zero-order valence-corrected chi connectivity index (χ0v) is 17.3. The molecule has 0 atom stereocenters. The van der Waals surface area contributed by atoms with E-state index in [9.17, 15) is 4.79 Å². The highest BCUT2D eigenvalue weighted by molar-refractivity contribution is 7.07. The van der Waals surface area contributed by atoms with Crippen LogP contribution in [0.2, 0.25) is 5.02 Å². The van der Waals surface area contributed by atoms with E-state index in [0.29, 0.717) is 23.9 Å². The number of fused-ring (bicyclic) bond motifs is 1. The number of amides is 1. The lowest BCUT2D eigenvalue weighted by Crippen LogP contribution is -2.32. The van der Waals surface area contributed by atoms with E-state index in [1.165, 1.54) is 11.3 Å². The number of aromatic nitrogens is 2. The second-order valence-electron chi connectivity index (χ2n) is 7.18. The molecule has 0 saturated carbocycles. The van der Waals surface area contributed by atoms with Gasteiger partial charge in [0, 0.05) is 28.0 Å². The van der Waals surface area contributed by atoms with Crippen molar-refractivity contribution in [2.45, 2.75) is 46.4 Å². The van der Waals surface area contributed by atoms with Crippen molar-refractivity contribution in [3.05, 3.63) is 45.0 Å². The first kappa shape index (κ1) is 19.5. The van der Waals surface area contributed by atoms with Gasteiger partial charge >= 0.3 is 6.09 Å². The van der Waals surface area contributed by atoms with Crippen LogP contribution in [-0.4, -0.2) is 21.7 Å². The maximum Gasteiger partial charge on any atom is 0.407 e. The molecular formula is C19H22ClN3O3S. The van der Waals surface area contributed by atoms with Crippen LogP contribution < -0.4 is 10.1 Å². The SMILES string of the molecule is Cc1c(CNC(=O)OC(C)(C)C)[nH]c2cc(OCc3cscn3)c(Cl)cc12. The van der Waals surface area contributed by atoms with Gasteiger partial charge in [0.2, 0.25) is 0 Å². The third-order valence-corrected chi connectivity index (χ3v) is 4.81. The summed E-state index contributed by atoms with van der Waals surface area (Å²) in [5.74, 6) is 0.588. The fourth-order valence-electron chi connectivity index (χ4n) is 2.61. The summed E-state index contributed by atoms with van der Waals surface area (Å²) in [5, 5.41) is 6.22. The fraction of sp³-hybridized carbons (Fsp3) is 0.368. The molecule has 0 spiro atoms. The lowest BCUT2D eigenvalue weighted by molar-refractivity contribution is 0.0523. The van der Waals surface area contributed by atoms with Crippen LogP contribution in [0.15, 0.2) is 23.0 Å². The number of aryl methyl sites for hydroxylation is 1. The Morgan fingerprint density at radius 1 is 1.37 bits per heavy atom. The molecule has 8 heteroatoms. The number of H-pyrrole nitrogens is 1. The number of nitrogens with zero attached hydrogens (tertiary/aromatic N) is 1. The largest absolute Gasteiger partial charge is 0.486 e. The van der Waals surface area contributed by atoms with E-state index >= 15 is 0 Å². The Morgan fingerprint density at radius 2 is 2.15 bits per heavy atom. The number of aromatic amines is 1. The van der Waals surface area contributed by atoms with Crippen LogP contribution in [0.4, 0.5) is 4.79 Å². The van der Waals surface area contributed by atoms with E-state index in [2.05, 4.69) is 15.3 Å². The number of thiazole rings is 1. The molecule has 3 aromatic rings. The number of carbonyl (C=O) groups excluding carboxylic acids is 1. The van der Waals surface area contributed by atoms with Crippen LogP contribution in [0, 0.1) is 6.92 Å². The zero-order valence-electron chi connectivity index (χ0n) is 15.7. The van der Waals surface area contributed by atoms with E-state index in [1.54, 1.807) is 5.51 Å². The fourth-order valence-corrected chi connectivity index (χ4v) is 3.37. The zero-order chi connectivity index (χ0) is 19.6. The van der Waals surface area contributed by atoms with E-state index < -0.39 is 11.7 Å². The second kappa shape index (κ2) is 7.78. The van der Waals surface area contributed by atoms with E-state index in [4.69, 9.17) is 21.1 Å². The number of hydrogen-bond donors (Lipinski definition) is 2. The minimum absolute atomic E-state index is 0.335. The van der Waals surface area contributed by atoms with Crippen molar-refractivity contribution in [2.75, 3.05) is 0 Å². The van der Waals surface area contributed by atoms with Crippen LogP contribution in [0.25, 0.3) is 10.9 Å². The number of rotatable bonds is 5. The molecule has 144 valence electrons. The van der Waals surface area contributed by atoms with Gasteiger partial charge in [-0.2, -0.15) is 0 Å². The van der Waals surface area contributed by atoms with Crippen LogP contribution in [0.1, 0.15) is 37.7 Å². The van der Waals surface area contributed by atoms with Gasteiger partial charge in [-0.05, 0) is 39.3 Å². The number of ether oxygens (including phenoxy) is 2. The third kappa shape index (κ3) is 4.93. The second-order valence-corrected chi connectivity index (χ2v) is 8.31. The summed E-state index contributed by atoms with van der Waals surface area (Å²) in [5.41, 5.74) is 4.91. The van der Waals surface area contributed by atoms with E-state index in [-0.39, 0.29) is 0 Å². The van der Waals surface area contributed by atoms with Gasteiger partial charge in [0.05, 0.1) is 22.8 Å². The molecule has 6 nitrogen and oxygen atoms in total. The van der Waals surface area contributed by atoms with Gasteiger partial charge in [-0.1, -0.05) is 11.6 Å². The van der Waals surface area contributed by atoms with Crippen LogP contribution >= 0.6 is 22.9 Å². The minimum Gasteiger partial charge on any atom is -0.486 e. The van der Waals surface area contributed by atoms with Crippen molar-refractivity contribution in [1.82, 2.24) is 15.3 Å². The predicted octanol–water partition coefficient (Wildman–Crippen LogP) is 5.19. The summed E-state index contributed by atoms with van der Waals surface area (Å²) < 4.78 is 11.1. The molecule has 1 amide bonds. The highest BCUT2D eigenvalue weighted by Crippen LogP contribution is 2.33. The van der Waals surface area contributed by atoms with Gasteiger partial charge in [-0.15, -0.1) is 11.3 Å². The molecule has 0 unspecified atom stereocenters. The lowest BCUT2D eigenvalue weighted by Gasteiger charge is -2.19. The maximum atomic E-state index is 11.9. The minimum atomic E-state index is -0.531. The molecule has 0 bridgehead atoms. The van der Waals surface area contributed by atoms with Gasteiger partial charge in [-0.25, -0.2) is 9.78 Å². The first-order valence-corrected chi connectivity index (χ1v) is 9.82. The van der Waals surface area contributed by atoms with Crippen LogP contribution in [-0.2, 0) is 17.9 Å². The molecule has 2 N–H and O–H groups in total. The molecule has 0 aliphatic carbocycles. The van der Waals surface area contributed by atoms with Crippen molar-refractivity contribution in [3.8, 4) is 5.75 Å². The number of halogens is 1. The lowest BCUT2D eigenvalue weighted by atomic mass is 10.1. The first-order valence-electron chi connectivity index (χ1n) is 8.50. The van der Waals surface area contributed by atoms with Gasteiger partial charge < -0.3 is 19.8 Å². The average molecular weight is 408 g/mol. The van der Waals surface area contributed by atoms with Gasteiger partial charge in [-0.3, -0.25) is 0 Å². The Hall–Kier alpha value is -2.25. The first-order chi connectivity index (χ1) is 12.7. The number of hydrogen-bond acceptors (Lipinski definition) is 5. The number of benzene rings is 1.